The van der Waals surface area contributed by atoms with Crippen molar-refractivity contribution in [3.63, 3.8) is 0 Å². The minimum absolute atomic E-state index is 0.832. The van der Waals surface area contributed by atoms with E-state index in [1.165, 1.54) is 5.39 Å². The summed E-state index contributed by atoms with van der Waals surface area (Å²) in [5, 5.41) is 5.89. The third-order valence-corrected chi connectivity index (χ3v) is 11.3. The van der Waals surface area contributed by atoms with Crippen LogP contribution in [-0.4, -0.2) is 9.13 Å². The van der Waals surface area contributed by atoms with Crippen LogP contribution >= 0.6 is 7.14 Å². The largest absolute Gasteiger partial charge is 0.315 e. The number of hydrogen-bond acceptors (Lipinski definition) is 1. The molecule has 0 aliphatic heterocycles. The SMILES string of the molecule is O=P(c1ccccc1)(c1ccccc1)c1ccc2c(c1)c1ccc3ccn(-c4ccccc4)c3c1n2-c1ccccc1. The molecule has 2 heterocycles. The van der Waals surface area contributed by atoms with Crippen molar-refractivity contribution in [3.8, 4) is 11.4 Å². The van der Waals surface area contributed by atoms with Gasteiger partial charge in [-0.15, -0.1) is 0 Å². The van der Waals surface area contributed by atoms with Crippen LogP contribution in [0.25, 0.3) is 44.1 Å². The summed E-state index contributed by atoms with van der Waals surface area (Å²) in [7, 11) is -3.13. The Morgan fingerprint density at radius 2 is 1.02 bits per heavy atom. The Balaban J connectivity index is 1.49. The molecule has 0 unspecified atom stereocenters. The zero-order valence-corrected chi connectivity index (χ0v) is 23.7. The van der Waals surface area contributed by atoms with E-state index < -0.39 is 7.14 Å². The zero-order chi connectivity index (χ0) is 28.1. The number of hydrogen-bond donors (Lipinski definition) is 0. The van der Waals surface area contributed by atoms with Crippen LogP contribution in [-0.2, 0) is 4.57 Å². The molecule has 0 fully saturated rings. The Labute approximate surface area is 244 Å². The summed E-state index contributed by atoms with van der Waals surface area (Å²) in [6.07, 6.45) is 2.15. The van der Waals surface area contributed by atoms with E-state index in [-0.39, 0.29) is 0 Å². The summed E-state index contributed by atoms with van der Waals surface area (Å²) in [5.74, 6) is 0. The molecular weight excluding hydrogens is 531 g/mol. The molecule has 0 aliphatic rings. The van der Waals surface area contributed by atoms with Gasteiger partial charge in [-0.3, -0.25) is 0 Å². The van der Waals surface area contributed by atoms with Gasteiger partial charge in [-0.2, -0.15) is 0 Å². The van der Waals surface area contributed by atoms with E-state index in [1.54, 1.807) is 0 Å². The third-order valence-electron chi connectivity index (χ3n) is 8.21. The molecule has 6 aromatic carbocycles. The fourth-order valence-electron chi connectivity index (χ4n) is 6.28. The number of rotatable bonds is 5. The summed E-state index contributed by atoms with van der Waals surface area (Å²) in [6.45, 7) is 0. The van der Waals surface area contributed by atoms with Gasteiger partial charge in [0, 0.05) is 49.6 Å². The highest BCUT2D eigenvalue weighted by Gasteiger charge is 2.30. The van der Waals surface area contributed by atoms with Gasteiger partial charge in [-0.1, -0.05) is 109 Å². The monoisotopic (exact) mass is 558 g/mol. The molecule has 0 radical (unpaired) electrons. The molecule has 0 aliphatic carbocycles. The molecule has 0 amide bonds. The molecule has 0 N–H and O–H groups in total. The molecule has 0 bridgehead atoms. The molecule has 200 valence electrons. The fourth-order valence-corrected chi connectivity index (χ4v) is 8.95. The number of nitrogens with zero attached hydrogens (tertiary/aromatic N) is 2. The van der Waals surface area contributed by atoms with Crippen molar-refractivity contribution in [1.29, 1.82) is 0 Å². The van der Waals surface area contributed by atoms with Crippen molar-refractivity contribution in [2.45, 2.75) is 0 Å². The molecule has 0 saturated heterocycles. The minimum Gasteiger partial charge on any atom is -0.315 e. The van der Waals surface area contributed by atoms with E-state index >= 15 is 4.57 Å². The Bertz CT molecular complexity index is 2210. The van der Waals surface area contributed by atoms with Crippen LogP contribution < -0.4 is 15.9 Å². The van der Waals surface area contributed by atoms with Gasteiger partial charge in [0.1, 0.15) is 0 Å². The van der Waals surface area contributed by atoms with Crippen LogP contribution in [0, 0.1) is 0 Å². The van der Waals surface area contributed by atoms with E-state index in [2.05, 4.69) is 100 Å². The normalized spacial score (nSPS) is 11.9. The van der Waals surface area contributed by atoms with Crippen LogP contribution in [0.2, 0.25) is 0 Å². The van der Waals surface area contributed by atoms with Gasteiger partial charge in [0.15, 0.2) is 7.14 Å². The maximum Gasteiger partial charge on any atom is 0.171 e. The first-order valence-corrected chi connectivity index (χ1v) is 15.8. The van der Waals surface area contributed by atoms with Gasteiger partial charge in [0.05, 0.1) is 16.6 Å². The standard InChI is InChI=1S/C38H27N2OP/c41-42(31-17-9-3-10-18-31,32-19-11-4-12-20-32)33-22-24-36-35(27-33)34-23-21-28-25-26-39(29-13-5-1-6-14-29)37(28)38(34)40(36)30-15-7-2-8-16-30/h1-27H. The molecule has 2 aromatic heterocycles. The predicted octanol–water partition coefficient (Wildman–Crippen LogP) is 8.37. The van der Waals surface area contributed by atoms with Gasteiger partial charge < -0.3 is 13.7 Å². The fraction of sp³-hybridized carbons (Fsp3) is 0. The highest BCUT2D eigenvalue weighted by atomic mass is 31.2. The molecule has 4 heteroatoms. The summed E-state index contributed by atoms with van der Waals surface area (Å²) in [6, 6.07) is 53.8. The molecule has 0 spiro atoms. The third kappa shape index (κ3) is 3.71. The number of fused-ring (bicyclic) bond motifs is 5. The second kappa shape index (κ2) is 9.76. The number of para-hydroxylation sites is 2. The maximum atomic E-state index is 15.3. The number of aromatic nitrogens is 2. The van der Waals surface area contributed by atoms with Crippen molar-refractivity contribution in [2.24, 2.45) is 0 Å². The van der Waals surface area contributed by atoms with Gasteiger partial charge in [-0.05, 0) is 48.5 Å². The molecule has 0 atom stereocenters. The van der Waals surface area contributed by atoms with E-state index in [0.29, 0.717) is 0 Å². The molecular formula is C38H27N2OP. The highest BCUT2D eigenvalue weighted by Crippen LogP contribution is 2.44. The average molecular weight is 559 g/mol. The minimum atomic E-state index is -3.13. The first kappa shape index (κ1) is 24.7. The quantitative estimate of drug-likeness (QED) is 0.195. The zero-order valence-electron chi connectivity index (χ0n) is 22.8. The maximum absolute atomic E-state index is 15.3. The van der Waals surface area contributed by atoms with Crippen LogP contribution in [0.5, 0.6) is 0 Å². The van der Waals surface area contributed by atoms with Crippen molar-refractivity contribution in [2.75, 3.05) is 0 Å². The van der Waals surface area contributed by atoms with Crippen LogP contribution in [0.4, 0.5) is 0 Å². The Morgan fingerprint density at radius 1 is 0.452 bits per heavy atom. The van der Waals surface area contributed by atoms with Crippen molar-refractivity contribution >= 4 is 55.8 Å². The molecule has 8 aromatic rings. The summed E-state index contributed by atoms with van der Waals surface area (Å²) in [5.41, 5.74) is 5.57. The smallest absolute Gasteiger partial charge is 0.171 e. The van der Waals surface area contributed by atoms with Gasteiger partial charge in [0.25, 0.3) is 0 Å². The second-order valence-electron chi connectivity index (χ2n) is 10.6. The van der Waals surface area contributed by atoms with E-state index in [4.69, 9.17) is 0 Å². The van der Waals surface area contributed by atoms with E-state index in [0.717, 1.165) is 54.6 Å². The molecule has 3 nitrogen and oxygen atoms in total. The van der Waals surface area contributed by atoms with Crippen LogP contribution in [0.3, 0.4) is 0 Å². The molecule has 0 saturated carbocycles. The lowest BCUT2D eigenvalue weighted by Gasteiger charge is -2.20. The lowest BCUT2D eigenvalue weighted by Crippen LogP contribution is -2.24. The van der Waals surface area contributed by atoms with Gasteiger partial charge >= 0.3 is 0 Å². The summed E-state index contributed by atoms with van der Waals surface area (Å²) in [4.78, 5) is 0. The van der Waals surface area contributed by atoms with Crippen molar-refractivity contribution in [3.05, 3.63) is 164 Å². The van der Waals surface area contributed by atoms with Crippen molar-refractivity contribution < 1.29 is 4.57 Å². The second-order valence-corrected chi connectivity index (χ2v) is 13.3. The summed E-state index contributed by atoms with van der Waals surface area (Å²) >= 11 is 0. The summed E-state index contributed by atoms with van der Waals surface area (Å²) < 4.78 is 19.9. The predicted molar refractivity (Wildman–Crippen MR) is 177 cm³/mol. The Kier molecular flexibility index (Phi) is 5.73. The Morgan fingerprint density at radius 3 is 1.64 bits per heavy atom. The molecule has 8 rings (SSSR count). The van der Waals surface area contributed by atoms with E-state index in [9.17, 15) is 0 Å². The van der Waals surface area contributed by atoms with Gasteiger partial charge in [-0.25, -0.2) is 0 Å². The first-order chi connectivity index (χ1) is 20.7. The van der Waals surface area contributed by atoms with E-state index in [1.807, 2.05) is 72.8 Å². The highest BCUT2D eigenvalue weighted by molar-refractivity contribution is 7.85. The molecule has 42 heavy (non-hydrogen) atoms. The van der Waals surface area contributed by atoms with Gasteiger partial charge in [0.2, 0.25) is 0 Å². The Hall–Kier alpha value is -5.11. The number of benzene rings is 6. The average Bonchev–Trinajstić information content (AvgIpc) is 3.65. The lowest BCUT2D eigenvalue weighted by atomic mass is 10.1. The van der Waals surface area contributed by atoms with Crippen LogP contribution in [0.15, 0.2) is 164 Å². The lowest BCUT2D eigenvalue weighted by molar-refractivity contribution is 0.592. The first-order valence-electron chi connectivity index (χ1n) is 14.1. The van der Waals surface area contributed by atoms with Crippen molar-refractivity contribution in [1.82, 2.24) is 9.13 Å². The topological polar surface area (TPSA) is 26.9 Å². The van der Waals surface area contributed by atoms with Crippen LogP contribution in [0.1, 0.15) is 0 Å².